The molecule has 0 fully saturated rings. The highest BCUT2D eigenvalue weighted by Gasteiger charge is 2.38. The lowest BCUT2D eigenvalue weighted by Crippen LogP contribution is -2.29. The summed E-state index contributed by atoms with van der Waals surface area (Å²) in [6.45, 7) is 0. The summed E-state index contributed by atoms with van der Waals surface area (Å²) in [5.74, 6) is -1.41. The van der Waals surface area contributed by atoms with Crippen LogP contribution in [0.1, 0.15) is 62.1 Å². The number of amides is 4. The fourth-order valence-electron chi connectivity index (χ4n) is 4.66. The van der Waals surface area contributed by atoms with Gasteiger partial charge in [0.25, 0.3) is 34.1 Å². The van der Waals surface area contributed by atoms with E-state index in [9.17, 15) is 28.8 Å². The Labute approximate surface area is 241 Å². The number of carbonyl (C=O) groups excluding carboxylic acids is 6. The SMILES string of the molecule is O=C(Cl)c1ccc2c(c1)C(=O)N(c1ccc(Oc3ccc(N4C(=O)c5ccc(C(=O)Cl)cc5C4=O)cc3)cc1)C2=O. The number of hydrogen-bond acceptors (Lipinski definition) is 7. The first-order chi connectivity index (χ1) is 19.6. The van der Waals surface area contributed by atoms with E-state index < -0.39 is 34.1 Å². The summed E-state index contributed by atoms with van der Waals surface area (Å²) in [6, 6.07) is 20.6. The van der Waals surface area contributed by atoms with E-state index in [1.165, 1.54) is 60.7 Å². The number of rotatable bonds is 6. The molecule has 0 unspecified atom stereocenters. The first-order valence-electron chi connectivity index (χ1n) is 12.0. The molecule has 0 radical (unpaired) electrons. The maximum Gasteiger partial charge on any atom is 0.266 e. The zero-order valence-electron chi connectivity index (χ0n) is 20.6. The fourth-order valence-corrected chi connectivity index (χ4v) is 4.89. The summed E-state index contributed by atoms with van der Waals surface area (Å²) >= 11 is 11.0. The largest absolute Gasteiger partial charge is 0.457 e. The molecule has 4 aromatic rings. The molecule has 0 atom stereocenters. The molecule has 0 spiro atoms. The minimum Gasteiger partial charge on any atom is -0.457 e. The van der Waals surface area contributed by atoms with Gasteiger partial charge in [0.05, 0.1) is 33.6 Å². The molecule has 2 aliphatic rings. The van der Waals surface area contributed by atoms with Crippen molar-refractivity contribution in [3.05, 3.63) is 118 Å². The molecule has 2 aliphatic heterocycles. The average Bonchev–Trinajstić information content (AvgIpc) is 3.37. The monoisotopic (exact) mass is 584 g/mol. The second-order valence-electron chi connectivity index (χ2n) is 9.05. The van der Waals surface area contributed by atoms with Crippen LogP contribution >= 0.6 is 23.2 Å². The molecule has 0 saturated heterocycles. The van der Waals surface area contributed by atoms with Crippen molar-refractivity contribution >= 4 is 68.7 Å². The Morgan fingerprint density at radius 2 is 0.829 bits per heavy atom. The molecular formula is C30H14Cl2N2O7. The van der Waals surface area contributed by atoms with Gasteiger partial charge in [0, 0.05) is 11.1 Å². The predicted octanol–water partition coefficient (Wildman–Crippen LogP) is 5.84. The Morgan fingerprint density at radius 1 is 0.488 bits per heavy atom. The maximum atomic E-state index is 12.9. The fraction of sp³-hybridized carbons (Fsp3) is 0. The van der Waals surface area contributed by atoms with E-state index in [-0.39, 0.29) is 33.4 Å². The maximum absolute atomic E-state index is 12.9. The molecule has 200 valence electrons. The van der Waals surface area contributed by atoms with Crippen LogP contribution in [0.15, 0.2) is 84.9 Å². The Bertz CT molecular complexity index is 1720. The summed E-state index contributed by atoms with van der Waals surface area (Å²) in [5, 5.41) is -1.47. The third kappa shape index (κ3) is 4.37. The van der Waals surface area contributed by atoms with E-state index in [4.69, 9.17) is 27.9 Å². The van der Waals surface area contributed by atoms with Crippen LogP contribution in [-0.4, -0.2) is 34.1 Å². The molecule has 0 aliphatic carbocycles. The van der Waals surface area contributed by atoms with Gasteiger partial charge in [-0.1, -0.05) is 0 Å². The number of imide groups is 2. The van der Waals surface area contributed by atoms with Crippen molar-refractivity contribution in [2.75, 3.05) is 9.80 Å². The Morgan fingerprint density at radius 3 is 1.17 bits per heavy atom. The third-order valence-corrected chi connectivity index (χ3v) is 7.09. The highest BCUT2D eigenvalue weighted by molar-refractivity contribution is 6.68. The molecule has 0 saturated carbocycles. The Balaban J connectivity index is 1.17. The van der Waals surface area contributed by atoms with Gasteiger partial charge in [-0.15, -0.1) is 0 Å². The van der Waals surface area contributed by atoms with Crippen molar-refractivity contribution in [2.45, 2.75) is 0 Å². The number of carbonyl (C=O) groups is 6. The number of benzene rings is 4. The minimum atomic E-state index is -0.733. The summed E-state index contributed by atoms with van der Waals surface area (Å²) in [4.78, 5) is 76.4. The zero-order valence-corrected chi connectivity index (χ0v) is 22.1. The van der Waals surface area contributed by atoms with Crippen LogP contribution in [0.2, 0.25) is 0 Å². The second-order valence-corrected chi connectivity index (χ2v) is 9.74. The first kappa shape index (κ1) is 26.1. The molecule has 11 heteroatoms. The number of nitrogens with zero attached hydrogens (tertiary/aromatic N) is 2. The van der Waals surface area contributed by atoms with Crippen LogP contribution in [0.25, 0.3) is 0 Å². The van der Waals surface area contributed by atoms with Crippen LogP contribution in [0, 0.1) is 0 Å². The zero-order chi connectivity index (χ0) is 29.0. The van der Waals surface area contributed by atoms with Crippen molar-refractivity contribution < 1.29 is 33.5 Å². The van der Waals surface area contributed by atoms with Crippen LogP contribution in [-0.2, 0) is 0 Å². The molecule has 0 bridgehead atoms. The van der Waals surface area contributed by atoms with Crippen LogP contribution in [0.3, 0.4) is 0 Å². The number of anilines is 2. The molecule has 6 rings (SSSR count). The molecular weight excluding hydrogens is 571 g/mol. The Hall–Kier alpha value is -5.12. The van der Waals surface area contributed by atoms with Crippen molar-refractivity contribution in [1.29, 1.82) is 0 Å². The van der Waals surface area contributed by atoms with Crippen molar-refractivity contribution in [2.24, 2.45) is 0 Å². The van der Waals surface area contributed by atoms with Gasteiger partial charge in [-0.05, 0) is 108 Å². The van der Waals surface area contributed by atoms with Crippen molar-refractivity contribution in [3.63, 3.8) is 0 Å². The molecule has 0 N–H and O–H groups in total. The second kappa shape index (κ2) is 9.81. The molecule has 41 heavy (non-hydrogen) atoms. The normalized spacial score (nSPS) is 13.9. The lowest BCUT2D eigenvalue weighted by atomic mass is 10.1. The van der Waals surface area contributed by atoms with Gasteiger partial charge in [-0.2, -0.15) is 0 Å². The topological polar surface area (TPSA) is 118 Å². The van der Waals surface area contributed by atoms with E-state index in [0.717, 1.165) is 9.80 Å². The minimum absolute atomic E-state index is 0.0907. The predicted molar refractivity (Wildman–Crippen MR) is 148 cm³/mol. The van der Waals surface area contributed by atoms with Crippen LogP contribution < -0.4 is 14.5 Å². The molecule has 4 amide bonds. The highest BCUT2D eigenvalue weighted by Crippen LogP contribution is 2.34. The summed E-state index contributed by atoms with van der Waals surface area (Å²) in [6.07, 6.45) is 0. The molecule has 9 nitrogen and oxygen atoms in total. The van der Waals surface area contributed by atoms with Gasteiger partial charge in [0.1, 0.15) is 11.5 Å². The van der Waals surface area contributed by atoms with E-state index >= 15 is 0 Å². The standard InChI is InChI=1S/C30H14Cl2N2O7/c31-25(35)15-1-11-21-23(13-15)29(39)33(27(21)37)17-3-7-19(8-4-17)41-20-9-5-18(6-10-20)34-28(38)22-12-2-16(26(32)36)14-24(22)30(34)40/h1-14H. The van der Waals surface area contributed by atoms with Gasteiger partial charge >= 0.3 is 0 Å². The van der Waals surface area contributed by atoms with E-state index in [0.29, 0.717) is 22.9 Å². The van der Waals surface area contributed by atoms with Crippen LogP contribution in [0.5, 0.6) is 11.5 Å². The van der Waals surface area contributed by atoms with Gasteiger partial charge in [0.2, 0.25) is 0 Å². The van der Waals surface area contributed by atoms with E-state index in [1.807, 2.05) is 0 Å². The molecule has 4 aromatic carbocycles. The summed E-state index contributed by atoms with van der Waals surface area (Å²) in [7, 11) is 0. The van der Waals surface area contributed by atoms with Crippen molar-refractivity contribution in [3.8, 4) is 11.5 Å². The number of hydrogen-bond donors (Lipinski definition) is 0. The molecule has 2 heterocycles. The van der Waals surface area contributed by atoms with Crippen molar-refractivity contribution in [1.82, 2.24) is 0 Å². The summed E-state index contributed by atoms with van der Waals surface area (Å²) in [5.41, 5.74) is 1.36. The Kier molecular flexibility index (Phi) is 6.25. The van der Waals surface area contributed by atoms with Gasteiger partial charge in [-0.3, -0.25) is 28.8 Å². The average molecular weight is 585 g/mol. The number of halogens is 2. The van der Waals surface area contributed by atoms with Gasteiger partial charge < -0.3 is 4.74 Å². The van der Waals surface area contributed by atoms with Gasteiger partial charge in [0.15, 0.2) is 0 Å². The van der Waals surface area contributed by atoms with E-state index in [1.54, 1.807) is 24.3 Å². The summed E-state index contributed by atoms with van der Waals surface area (Å²) < 4.78 is 5.85. The highest BCUT2D eigenvalue weighted by atomic mass is 35.5. The number of fused-ring (bicyclic) bond motifs is 2. The lowest BCUT2D eigenvalue weighted by Gasteiger charge is -2.16. The third-order valence-electron chi connectivity index (χ3n) is 6.65. The quantitative estimate of drug-likeness (QED) is 0.206. The molecule has 0 aromatic heterocycles. The first-order valence-corrected chi connectivity index (χ1v) is 12.7. The van der Waals surface area contributed by atoms with Crippen LogP contribution in [0.4, 0.5) is 11.4 Å². The number of ether oxygens (including phenoxy) is 1. The smallest absolute Gasteiger partial charge is 0.266 e. The van der Waals surface area contributed by atoms with Gasteiger partial charge in [-0.25, -0.2) is 9.80 Å². The lowest BCUT2D eigenvalue weighted by molar-refractivity contribution is 0.0910. The van der Waals surface area contributed by atoms with E-state index in [2.05, 4.69) is 0 Å².